The van der Waals surface area contributed by atoms with Gasteiger partial charge in [0.05, 0.1) is 5.25 Å². The molecule has 7 heteroatoms. The van der Waals surface area contributed by atoms with Crippen molar-refractivity contribution in [3.05, 3.63) is 54.1 Å². The number of likely N-dealkylation sites (tertiary alicyclic amines) is 1. The van der Waals surface area contributed by atoms with Crippen molar-refractivity contribution in [2.45, 2.75) is 31.1 Å². The number of likely N-dealkylation sites (N-methyl/N-ethyl adjacent to an activating group) is 1. The van der Waals surface area contributed by atoms with E-state index in [1.807, 2.05) is 31.3 Å². The molecule has 26 heavy (non-hydrogen) atoms. The quantitative estimate of drug-likeness (QED) is 0.814. The van der Waals surface area contributed by atoms with E-state index in [1.54, 1.807) is 26.0 Å². The molecule has 1 N–H and O–H groups in total. The molecule has 0 bridgehead atoms. The van der Waals surface area contributed by atoms with E-state index in [9.17, 15) is 12.8 Å². The van der Waals surface area contributed by atoms with Crippen LogP contribution in [0.15, 0.2) is 42.6 Å². The van der Waals surface area contributed by atoms with Gasteiger partial charge in [-0.1, -0.05) is 24.3 Å². The van der Waals surface area contributed by atoms with Crippen LogP contribution in [0.25, 0.3) is 11.1 Å². The third-order valence-corrected chi connectivity index (χ3v) is 6.72. The van der Waals surface area contributed by atoms with Gasteiger partial charge in [-0.2, -0.15) is 4.39 Å². The van der Waals surface area contributed by atoms with Crippen LogP contribution in [0.3, 0.4) is 0 Å². The molecule has 140 valence electrons. The summed E-state index contributed by atoms with van der Waals surface area (Å²) in [4.78, 5) is 5.80. The molecule has 0 saturated carbocycles. The van der Waals surface area contributed by atoms with Crippen molar-refractivity contribution >= 4 is 10.0 Å². The number of hydrogen-bond acceptors (Lipinski definition) is 4. The highest BCUT2D eigenvalue weighted by atomic mass is 32.2. The average Bonchev–Trinajstić information content (AvgIpc) is 2.95. The molecule has 3 rings (SSSR count). The van der Waals surface area contributed by atoms with Gasteiger partial charge in [0.25, 0.3) is 0 Å². The van der Waals surface area contributed by atoms with Crippen LogP contribution in [-0.2, 0) is 10.0 Å². The summed E-state index contributed by atoms with van der Waals surface area (Å²) in [7, 11) is -1.36. The normalized spacial score (nSPS) is 21.4. The molecule has 0 radical (unpaired) electrons. The number of pyridine rings is 1. The van der Waals surface area contributed by atoms with Gasteiger partial charge >= 0.3 is 0 Å². The number of hydrogen-bond donors (Lipinski definition) is 1. The molecular weight excluding hydrogens is 353 g/mol. The maximum Gasteiger partial charge on any atom is 0.220 e. The third-order valence-electron chi connectivity index (χ3n) is 4.85. The smallest absolute Gasteiger partial charge is 0.220 e. The lowest BCUT2D eigenvalue weighted by atomic mass is 9.93. The molecule has 1 aromatic heterocycles. The summed E-state index contributed by atoms with van der Waals surface area (Å²) in [6.07, 6.45) is 1.42. The molecule has 1 aliphatic heterocycles. The Balaban J connectivity index is 1.84. The number of sulfonamides is 1. The Kier molecular flexibility index (Phi) is 5.41. The molecule has 2 atom stereocenters. The zero-order valence-electron chi connectivity index (χ0n) is 15.2. The van der Waals surface area contributed by atoms with E-state index in [0.29, 0.717) is 12.1 Å². The fraction of sp³-hybridized carbons (Fsp3) is 0.421. The van der Waals surface area contributed by atoms with Crippen LogP contribution in [0.4, 0.5) is 4.39 Å². The maximum atomic E-state index is 13.9. The first kappa shape index (κ1) is 18.9. The second-order valence-electron chi connectivity index (χ2n) is 7.11. The van der Waals surface area contributed by atoms with Crippen molar-refractivity contribution in [3.8, 4) is 11.1 Å². The van der Waals surface area contributed by atoms with E-state index < -0.39 is 21.2 Å². The predicted octanol–water partition coefficient (Wildman–Crippen LogP) is 2.61. The lowest BCUT2D eigenvalue weighted by Crippen LogP contribution is -2.42. The Morgan fingerprint density at radius 2 is 1.88 bits per heavy atom. The van der Waals surface area contributed by atoms with E-state index >= 15 is 0 Å². The second kappa shape index (κ2) is 7.42. The van der Waals surface area contributed by atoms with Gasteiger partial charge in [-0.3, -0.25) is 0 Å². The number of nitrogens with one attached hydrogen (secondary N) is 1. The standard InChI is InChI=1S/C19H24FN3O2S/c1-13(2)26(24,25)22-18-12-23(3)11-17(18)15-8-6-14(7-9-15)16-5-4-10-21-19(16)20/h4-10,13,17-18,22H,11-12H2,1-3H3. The predicted molar refractivity (Wildman–Crippen MR) is 101 cm³/mol. The molecule has 1 aromatic carbocycles. The Hall–Kier alpha value is -1.83. The minimum atomic E-state index is -3.34. The lowest BCUT2D eigenvalue weighted by Gasteiger charge is -2.22. The summed E-state index contributed by atoms with van der Waals surface area (Å²) in [6, 6.07) is 10.8. The Labute approximate surface area is 154 Å². The fourth-order valence-electron chi connectivity index (χ4n) is 3.32. The van der Waals surface area contributed by atoms with Crippen molar-refractivity contribution < 1.29 is 12.8 Å². The molecule has 5 nitrogen and oxygen atoms in total. The number of nitrogens with zero attached hydrogens (tertiary/aromatic N) is 2. The van der Waals surface area contributed by atoms with Gasteiger partial charge in [0.1, 0.15) is 0 Å². The minimum Gasteiger partial charge on any atom is -0.304 e. The highest BCUT2D eigenvalue weighted by molar-refractivity contribution is 7.90. The van der Waals surface area contributed by atoms with Crippen molar-refractivity contribution in [2.24, 2.45) is 0 Å². The fourth-order valence-corrected chi connectivity index (χ4v) is 4.25. The minimum absolute atomic E-state index is 0.0568. The molecule has 1 aliphatic rings. The van der Waals surface area contributed by atoms with Gasteiger partial charge in [-0.05, 0) is 44.2 Å². The Morgan fingerprint density at radius 1 is 1.19 bits per heavy atom. The lowest BCUT2D eigenvalue weighted by molar-refractivity contribution is 0.404. The van der Waals surface area contributed by atoms with E-state index in [4.69, 9.17) is 0 Å². The molecular formula is C19H24FN3O2S. The van der Waals surface area contributed by atoms with E-state index in [2.05, 4.69) is 14.6 Å². The number of aromatic nitrogens is 1. The van der Waals surface area contributed by atoms with Gasteiger partial charge in [0, 0.05) is 36.8 Å². The summed E-state index contributed by atoms with van der Waals surface area (Å²) in [5.41, 5.74) is 2.25. The van der Waals surface area contributed by atoms with E-state index in [-0.39, 0.29) is 12.0 Å². The Bertz CT molecular complexity index is 869. The van der Waals surface area contributed by atoms with Crippen LogP contribution < -0.4 is 4.72 Å². The van der Waals surface area contributed by atoms with Gasteiger partial charge in [-0.15, -0.1) is 0 Å². The van der Waals surface area contributed by atoms with Crippen molar-refractivity contribution in [2.75, 3.05) is 20.1 Å². The highest BCUT2D eigenvalue weighted by Gasteiger charge is 2.35. The van der Waals surface area contributed by atoms with E-state index in [1.165, 1.54) is 6.20 Å². The average molecular weight is 377 g/mol. The highest BCUT2D eigenvalue weighted by Crippen LogP contribution is 2.30. The van der Waals surface area contributed by atoms with Crippen LogP contribution >= 0.6 is 0 Å². The number of halogens is 1. The first-order chi connectivity index (χ1) is 12.3. The van der Waals surface area contributed by atoms with Crippen LogP contribution in [0.2, 0.25) is 0 Å². The molecule has 0 spiro atoms. The molecule has 1 saturated heterocycles. The zero-order valence-corrected chi connectivity index (χ0v) is 16.0. The van der Waals surface area contributed by atoms with E-state index in [0.717, 1.165) is 17.7 Å². The second-order valence-corrected chi connectivity index (χ2v) is 9.38. The van der Waals surface area contributed by atoms with Gasteiger partial charge < -0.3 is 4.90 Å². The Morgan fingerprint density at radius 3 is 2.50 bits per heavy atom. The maximum absolute atomic E-state index is 13.9. The van der Waals surface area contributed by atoms with Crippen LogP contribution in [-0.4, -0.2) is 49.7 Å². The summed E-state index contributed by atoms with van der Waals surface area (Å²) in [6.45, 7) is 4.78. The molecule has 0 aliphatic carbocycles. The molecule has 2 aromatic rings. The first-order valence-corrected chi connectivity index (χ1v) is 10.2. The van der Waals surface area contributed by atoms with Gasteiger partial charge in [0.15, 0.2) is 0 Å². The SMILES string of the molecule is CC(C)S(=O)(=O)NC1CN(C)CC1c1ccc(-c2cccnc2F)cc1. The monoisotopic (exact) mass is 377 g/mol. The summed E-state index contributed by atoms with van der Waals surface area (Å²) >= 11 is 0. The molecule has 2 heterocycles. The largest absolute Gasteiger partial charge is 0.304 e. The van der Waals surface area contributed by atoms with Gasteiger partial charge in [0.2, 0.25) is 16.0 Å². The number of rotatable bonds is 5. The molecule has 2 unspecified atom stereocenters. The zero-order chi connectivity index (χ0) is 18.9. The summed E-state index contributed by atoms with van der Waals surface area (Å²) in [5, 5.41) is -0.468. The molecule has 0 amide bonds. The summed E-state index contributed by atoms with van der Waals surface area (Å²) in [5.74, 6) is -0.440. The van der Waals surface area contributed by atoms with Crippen molar-refractivity contribution in [3.63, 3.8) is 0 Å². The summed E-state index contributed by atoms with van der Waals surface area (Å²) < 4.78 is 41.2. The topological polar surface area (TPSA) is 62.3 Å². The third kappa shape index (κ3) is 3.95. The van der Waals surface area contributed by atoms with Crippen LogP contribution in [0, 0.1) is 5.95 Å². The molecule has 1 fully saturated rings. The van der Waals surface area contributed by atoms with Gasteiger partial charge in [-0.25, -0.2) is 18.1 Å². The van der Waals surface area contributed by atoms with Crippen LogP contribution in [0.1, 0.15) is 25.3 Å². The van der Waals surface area contributed by atoms with Crippen molar-refractivity contribution in [1.29, 1.82) is 0 Å². The number of benzene rings is 1. The van der Waals surface area contributed by atoms with Crippen LogP contribution in [0.5, 0.6) is 0 Å². The first-order valence-electron chi connectivity index (χ1n) is 8.68. The van der Waals surface area contributed by atoms with Crippen molar-refractivity contribution in [1.82, 2.24) is 14.6 Å².